The average Bonchev–Trinajstić information content (AvgIpc) is 2.93. The van der Waals surface area contributed by atoms with E-state index in [1.807, 2.05) is 45.0 Å². The van der Waals surface area contributed by atoms with Crippen LogP contribution in [0.15, 0.2) is 42.5 Å². The number of aromatic amines is 1. The van der Waals surface area contributed by atoms with Gasteiger partial charge < -0.3 is 4.98 Å². The standard InChI is InChI=1S/C14H11N3O2.C2H6/c1-9-6-7-10(17(18)19)8-11(9)14-15-12-4-2-3-5-13(12)16-14;1-2/h2-8H,1H3,(H,15,16);1-2H3. The van der Waals surface area contributed by atoms with Crippen LogP contribution in [0.2, 0.25) is 0 Å². The van der Waals surface area contributed by atoms with E-state index in [1.165, 1.54) is 6.07 Å². The molecule has 3 rings (SSSR count). The van der Waals surface area contributed by atoms with E-state index in [9.17, 15) is 10.1 Å². The number of imidazole rings is 1. The van der Waals surface area contributed by atoms with Crippen molar-refractivity contribution in [2.75, 3.05) is 0 Å². The van der Waals surface area contributed by atoms with Gasteiger partial charge in [0.2, 0.25) is 0 Å². The molecule has 0 bridgehead atoms. The number of nitrogens with zero attached hydrogens (tertiary/aromatic N) is 2. The molecule has 21 heavy (non-hydrogen) atoms. The average molecular weight is 283 g/mol. The molecule has 3 aromatic rings. The van der Waals surface area contributed by atoms with Gasteiger partial charge in [-0.1, -0.05) is 32.0 Å². The van der Waals surface area contributed by atoms with Crippen molar-refractivity contribution in [1.82, 2.24) is 9.97 Å². The summed E-state index contributed by atoms with van der Waals surface area (Å²) in [6.45, 7) is 5.91. The number of fused-ring (bicyclic) bond motifs is 1. The molecule has 0 aliphatic rings. The Hall–Kier alpha value is -2.69. The maximum absolute atomic E-state index is 10.8. The summed E-state index contributed by atoms with van der Waals surface area (Å²) in [5, 5.41) is 10.8. The van der Waals surface area contributed by atoms with Crippen LogP contribution in [0.5, 0.6) is 0 Å². The van der Waals surface area contributed by atoms with Gasteiger partial charge in [-0.05, 0) is 24.6 Å². The van der Waals surface area contributed by atoms with Crippen molar-refractivity contribution in [3.05, 3.63) is 58.1 Å². The van der Waals surface area contributed by atoms with E-state index in [0.29, 0.717) is 5.82 Å². The molecule has 1 heterocycles. The minimum absolute atomic E-state index is 0.0704. The number of nitro groups is 1. The first-order chi connectivity index (χ1) is 10.1. The molecule has 0 atom stereocenters. The van der Waals surface area contributed by atoms with Gasteiger partial charge in [-0.3, -0.25) is 10.1 Å². The van der Waals surface area contributed by atoms with Crippen molar-refractivity contribution in [2.45, 2.75) is 20.8 Å². The zero-order valence-corrected chi connectivity index (χ0v) is 12.3. The quantitative estimate of drug-likeness (QED) is 0.557. The van der Waals surface area contributed by atoms with Crippen LogP contribution >= 0.6 is 0 Å². The lowest BCUT2D eigenvalue weighted by atomic mass is 10.1. The second-order valence-electron chi connectivity index (χ2n) is 4.36. The fourth-order valence-electron chi connectivity index (χ4n) is 2.06. The Balaban J connectivity index is 0.000000774. The molecule has 0 unspecified atom stereocenters. The third-order valence-corrected chi connectivity index (χ3v) is 3.08. The molecule has 5 heteroatoms. The lowest BCUT2D eigenvalue weighted by Crippen LogP contribution is -1.91. The number of hydrogen-bond donors (Lipinski definition) is 1. The van der Waals surface area contributed by atoms with Crippen molar-refractivity contribution in [3.8, 4) is 11.4 Å². The summed E-state index contributed by atoms with van der Waals surface area (Å²) in [5.41, 5.74) is 3.54. The third kappa shape index (κ3) is 2.91. The van der Waals surface area contributed by atoms with Crippen LogP contribution in [0.4, 0.5) is 5.69 Å². The number of para-hydroxylation sites is 2. The topological polar surface area (TPSA) is 71.8 Å². The SMILES string of the molecule is CC.Cc1ccc([N+](=O)[O-])cc1-c1nc2ccccc2[nH]1. The molecule has 1 aromatic heterocycles. The van der Waals surface area contributed by atoms with Gasteiger partial charge in [0.15, 0.2) is 0 Å². The summed E-state index contributed by atoms with van der Waals surface area (Å²) in [5.74, 6) is 0.655. The number of non-ortho nitro benzene ring substituents is 1. The Kier molecular flexibility index (Phi) is 4.33. The number of rotatable bonds is 2. The zero-order chi connectivity index (χ0) is 15.4. The highest BCUT2D eigenvalue weighted by Gasteiger charge is 2.13. The second-order valence-corrected chi connectivity index (χ2v) is 4.36. The number of nitrogens with one attached hydrogen (secondary N) is 1. The smallest absolute Gasteiger partial charge is 0.270 e. The summed E-state index contributed by atoms with van der Waals surface area (Å²) in [6.07, 6.45) is 0. The molecular weight excluding hydrogens is 266 g/mol. The predicted molar refractivity (Wildman–Crippen MR) is 84.3 cm³/mol. The zero-order valence-electron chi connectivity index (χ0n) is 12.3. The van der Waals surface area contributed by atoms with Crippen LogP contribution in [-0.4, -0.2) is 14.9 Å². The van der Waals surface area contributed by atoms with Gasteiger partial charge in [-0.2, -0.15) is 0 Å². The van der Waals surface area contributed by atoms with Crippen LogP contribution in [0.3, 0.4) is 0 Å². The van der Waals surface area contributed by atoms with Crippen molar-refractivity contribution in [2.24, 2.45) is 0 Å². The van der Waals surface area contributed by atoms with Gasteiger partial charge in [0.1, 0.15) is 5.82 Å². The molecule has 0 fully saturated rings. The van der Waals surface area contributed by atoms with Crippen LogP contribution in [0, 0.1) is 17.0 Å². The number of aryl methyl sites for hydroxylation is 1. The Bertz CT molecular complexity index is 745. The lowest BCUT2D eigenvalue weighted by Gasteiger charge is -2.01. The fourth-order valence-corrected chi connectivity index (χ4v) is 2.06. The minimum atomic E-state index is -0.397. The first-order valence-electron chi connectivity index (χ1n) is 6.85. The van der Waals surface area contributed by atoms with Crippen LogP contribution in [0.25, 0.3) is 22.4 Å². The molecule has 1 N–H and O–H groups in total. The Morgan fingerprint density at radius 3 is 2.52 bits per heavy atom. The molecule has 108 valence electrons. The minimum Gasteiger partial charge on any atom is -0.338 e. The number of hydrogen-bond acceptors (Lipinski definition) is 3. The van der Waals surface area contributed by atoms with Crippen LogP contribution < -0.4 is 0 Å². The number of H-pyrrole nitrogens is 1. The highest BCUT2D eigenvalue weighted by molar-refractivity contribution is 5.80. The molecular formula is C16H17N3O2. The first kappa shape index (κ1) is 14.7. The maximum Gasteiger partial charge on any atom is 0.270 e. The van der Waals surface area contributed by atoms with Gasteiger partial charge in [-0.15, -0.1) is 0 Å². The van der Waals surface area contributed by atoms with E-state index in [4.69, 9.17) is 0 Å². The van der Waals surface area contributed by atoms with Gasteiger partial charge in [0.05, 0.1) is 16.0 Å². The summed E-state index contributed by atoms with van der Waals surface area (Å²) >= 11 is 0. The van der Waals surface area contributed by atoms with Crippen molar-refractivity contribution in [1.29, 1.82) is 0 Å². The van der Waals surface area contributed by atoms with E-state index in [1.54, 1.807) is 12.1 Å². The second kappa shape index (κ2) is 6.17. The van der Waals surface area contributed by atoms with Gasteiger partial charge in [-0.25, -0.2) is 4.98 Å². The van der Waals surface area contributed by atoms with Crippen LogP contribution in [0.1, 0.15) is 19.4 Å². The molecule has 0 aliphatic heterocycles. The monoisotopic (exact) mass is 283 g/mol. The van der Waals surface area contributed by atoms with E-state index in [2.05, 4.69) is 9.97 Å². The number of nitro benzene ring substituents is 1. The molecule has 0 saturated carbocycles. The molecule has 0 radical (unpaired) electrons. The third-order valence-electron chi connectivity index (χ3n) is 3.08. The van der Waals surface area contributed by atoms with E-state index >= 15 is 0 Å². The Morgan fingerprint density at radius 1 is 1.14 bits per heavy atom. The molecule has 0 spiro atoms. The van der Waals surface area contributed by atoms with Crippen molar-refractivity contribution >= 4 is 16.7 Å². The Morgan fingerprint density at radius 2 is 1.86 bits per heavy atom. The molecule has 0 aliphatic carbocycles. The van der Waals surface area contributed by atoms with Gasteiger partial charge >= 0.3 is 0 Å². The summed E-state index contributed by atoms with van der Waals surface area (Å²) in [4.78, 5) is 18.1. The molecule has 2 aromatic carbocycles. The summed E-state index contributed by atoms with van der Waals surface area (Å²) < 4.78 is 0. The maximum atomic E-state index is 10.8. The van der Waals surface area contributed by atoms with Gasteiger partial charge in [0.25, 0.3) is 5.69 Å². The van der Waals surface area contributed by atoms with E-state index in [0.717, 1.165) is 22.2 Å². The molecule has 0 amide bonds. The van der Waals surface area contributed by atoms with E-state index in [-0.39, 0.29) is 5.69 Å². The molecule has 0 saturated heterocycles. The van der Waals surface area contributed by atoms with Crippen LogP contribution in [-0.2, 0) is 0 Å². The lowest BCUT2D eigenvalue weighted by molar-refractivity contribution is -0.384. The summed E-state index contributed by atoms with van der Waals surface area (Å²) in [7, 11) is 0. The predicted octanol–water partition coefficient (Wildman–Crippen LogP) is 4.47. The molecule has 5 nitrogen and oxygen atoms in total. The largest absolute Gasteiger partial charge is 0.338 e. The number of aromatic nitrogens is 2. The highest BCUT2D eigenvalue weighted by Crippen LogP contribution is 2.27. The van der Waals surface area contributed by atoms with Gasteiger partial charge in [0, 0.05) is 17.7 Å². The highest BCUT2D eigenvalue weighted by atomic mass is 16.6. The number of benzene rings is 2. The van der Waals surface area contributed by atoms with E-state index < -0.39 is 4.92 Å². The van der Waals surface area contributed by atoms with Crippen molar-refractivity contribution < 1.29 is 4.92 Å². The fraction of sp³-hybridized carbons (Fsp3) is 0.188. The van der Waals surface area contributed by atoms with Crippen molar-refractivity contribution in [3.63, 3.8) is 0 Å². The Labute approximate surface area is 122 Å². The summed E-state index contributed by atoms with van der Waals surface area (Å²) in [6, 6.07) is 12.5. The first-order valence-corrected chi connectivity index (χ1v) is 6.85. The normalized spacial score (nSPS) is 10.0.